The fourth-order valence-electron chi connectivity index (χ4n) is 1.65. The van der Waals surface area contributed by atoms with Crippen LogP contribution in [0.3, 0.4) is 0 Å². The second-order valence-electron chi connectivity index (χ2n) is 4.61. The molecule has 2 N–H and O–H groups in total. The number of hydrogen-bond donors (Lipinski definition) is 2. The van der Waals surface area contributed by atoms with E-state index in [4.69, 9.17) is 5.11 Å². The number of aliphatic hydroxyl groups is 1. The van der Waals surface area contributed by atoms with Crippen molar-refractivity contribution in [1.82, 2.24) is 5.32 Å². The number of aliphatic hydroxyl groups excluding tert-OH is 1. The Morgan fingerprint density at radius 3 is 2.74 bits per heavy atom. The van der Waals surface area contributed by atoms with Crippen molar-refractivity contribution < 1.29 is 9.90 Å². The van der Waals surface area contributed by atoms with Crippen molar-refractivity contribution in [1.29, 1.82) is 0 Å². The van der Waals surface area contributed by atoms with Gasteiger partial charge < -0.3 is 10.4 Å². The van der Waals surface area contributed by atoms with Crippen molar-refractivity contribution in [3.05, 3.63) is 30.3 Å². The molecule has 0 aliphatic rings. The predicted octanol–water partition coefficient (Wildman–Crippen LogP) is 2.84. The molecule has 4 heteroatoms. The Morgan fingerprint density at radius 2 is 2.05 bits per heavy atom. The van der Waals surface area contributed by atoms with Crippen LogP contribution in [0.5, 0.6) is 0 Å². The second kappa shape index (κ2) is 9.87. The zero-order valence-corrected chi connectivity index (χ0v) is 12.3. The first-order chi connectivity index (χ1) is 9.18. The quantitative estimate of drug-likeness (QED) is 0.540. The molecule has 0 saturated heterocycles. The molecule has 0 saturated carbocycles. The summed E-state index contributed by atoms with van der Waals surface area (Å²) in [6, 6.07) is 10.2. The van der Waals surface area contributed by atoms with Gasteiger partial charge in [0, 0.05) is 17.9 Å². The monoisotopic (exact) mass is 281 g/mol. The molecule has 19 heavy (non-hydrogen) atoms. The number of nitrogens with one attached hydrogen (secondary N) is 1. The fourth-order valence-corrected chi connectivity index (χ4v) is 2.53. The highest BCUT2D eigenvalue weighted by Gasteiger charge is 2.01. The Kier molecular flexibility index (Phi) is 8.34. The van der Waals surface area contributed by atoms with Crippen LogP contribution in [0.15, 0.2) is 35.2 Å². The summed E-state index contributed by atoms with van der Waals surface area (Å²) >= 11 is 1.78. The number of rotatable bonds is 9. The topological polar surface area (TPSA) is 49.3 Å². The summed E-state index contributed by atoms with van der Waals surface area (Å²) in [4.78, 5) is 12.8. The SMILES string of the molecule is CC(O)CCCNC(=O)CCCSc1ccccc1. The average molecular weight is 281 g/mol. The van der Waals surface area contributed by atoms with Gasteiger partial charge in [0.05, 0.1) is 6.10 Å². The van der Waals surface area contributed by atoms with Crippen LogP contribution in [0, 0.1) is 0 Å². The number of thioether (sulfide) groups is 1. The summed E-state index contributed by atoms with van der Waals surface area (Å²) in [5.74, 6) is 1.07. The lowest BCUT2D eigenvalue weighted by Gasteiger charge is -2.06. The molecule has 1 rings (SSSR count). The number of carbonyl (C=O) groups is 1. The third-order valence-corrected chi connectivity index (χ3v) is 3.78. The highest BCUT2D eigenvalue weighted by atomic mass is 32.2. The van der Waals surface area contributed by atoms with Gasteiger partial charge >= 0.3 is 0 Å². The minimum absolute atomic E-state index is 0.110. The second-order valence-corrected chi connectivity index (χ2v) is 5.77. The van der Waals surface area contributed by atoms with Crippen LogP contribution in [-0.4, -0.2) is 29.4 Å². The molecule has 0 aromatic heterocycles. The standard InChI is InChI=1S/C15H23NO2S/c1-13(17)7-5-11-16-15(18)10-6-12-19-14-8-3-2-4-9-14/h2-4,8-9,13,17H,5-7,10-12H2,1H3,(H,16,18). The lowest BCUT2D eigenvalue weighted by Crippen LogP contribution is -2.24. The molecule has 0 bridgehead atoms. The first-order valence-corrected chi connectivity index (χ1v) is 7.79. The summed E-state index contributed by atoms with van der Waals surface area (Å²) in [5.41, 5.74) is 0. The maximum absolute atomic E-state index is 11.5. The van der Waals surface area contributed by atoms with Crippen molar-refractivity contribution in [2.24, 2.45) is 0 Å². The highest BCUT2D eigenvalue weighted by molar-refractivity contribution is 7.99. The van der Waals surface area contributed by atoms with Crippen molar-refractivity contribution >= 4 is 17.7 Å². The minimum atomic E-state index is -0.279. The molecular weight excluding hydrogens is 258 g/mol. The van der Waals surface area contributed by atoms with E-state index in [-0.39, 0.29) is 12.0 Å². The van der Waals surface area contributed by atoms with E-state index in [0.717, 1.165) is 25.0 Å². The molecule has 0 aliphatic heterocycles. The van der Waals surface area contributed by atoms with Gasteiger partial charge in [0.15, 0.2) is 0 Å². The van der Waals surface area contributed by atoms with E-state index in [1.807, 2.05) is 18.2 Å². The molecule has 0 heterocycles. The van der Waals surface area contributed by atoms with Crippen LogP contribution in [-0.2, 0) is 4.79 Å². The number of carbonyl (C=O) groups excluding carboxylic acids is 1. The number of hydrogen-bond acceptors (Lipinski definition) is 3. The molecule has 0 radical (unpaired) electrons. The molecule has 3 nitrogen and oxygen atoms in total. The summed E-state index contributed by atoms with van der Waals surface area (Å²) in [6.07, 6.45) is 2.77. The van der Waals surface area contributed by atoms with Crippen molar-refractivity contribution in [2.45, 2.75) is 43.6 Å². The van der Waals surface area contributed by atoms with E-state index in [9.17, 15) is 4.79 Å². The smallest absolute Gasteiger partial charge is 0.220 e. The van der Waals surface area contributed by atoms with Gasteiger partial charge in [-0.15, -0.1) is 11.8 Å². The van der Waals surface area contributed by atoms with Gasteiger partial charge in [0.1, 0.15) is 0 Å². The molecular formula is C15H23NO2S. The average Bonchev–Trinajstić information content (AvgIpc) is 2.41. The molecule has 1 amide bonds. The third kappa shape index (κ3) is 8.67. The Balaban J connectivity index is 1.98. The Morgan fingerprint density at radius 1 is 1.32 bits per heavy atom. The van der Waals surface area contributed by atoms with Crippen LogP contribution in [0.2, 0.25) is 0 Å². The minimum Gasteiger partial charge on any atom is -0.393 e. The van der Waals surface area contributed by atoms with Gasteiger partial charge in [0.2, 0.25) is 5.91 Å². The van der Waals surface area contributed by atoms with Crippen LogP contribution in [0.4, 0.5) is 0 Å². The zero-order valence-electron chi connectivity index (χ0n) is 11.5. The number of amides is 1. The zero-order chi connectivity index (χ0) is 13.9. The molecule has 0 spiro atoms. The number of benzene rings is 1. The van der Waals surface area contributed by atoms with Gasteiger partial charge in [-0.2, -0.15) is 0 Å². The molecule has 1 unspecified atom stereocenters. The summed E-state index contributed by atoms with van der Waals surface area (Å²) in [5, 5.41) is 12.0. The van der Waals surface area contributed by atoms with Crippen molar-refractivity contribution in [2.75, 3.05) is 12.3 Å². The molecule has 1 aromatic rings. The van der Waals surface area contributed by atoms with Crippen molar-refractivity contribution in [3.8, 4) is 0 Å². The van der Waals surface area contributed by atoms with E-state index < -0.39 is 0 Å². The Hall–Kier alpha value is -1.00. The summed E-state index contributed by atoms with van der Waals surface area (Å²) in [7, 11) is 0. The van der Waals surface area contributed by atoms with Gasteiger partial charge in [-0.25, -0.2) is 0 Å². The van der Waals surface area contributed by atoms with E-state index in [1.54, 1.807) is 18.7 Å². The Labute approximate surface area is 119 Å². The van der Waals surface area contributed by atoms with Crippen LogP contribution in [0.25, 0.3) is 0 Å². The molecule has 1 atom stereocenters. The maximum atomic E-state index is 11.5. The maximum Gasteiger partial charge on any atom is 0.220 e. The first kappa shape index (κ1) is 16.1. The predicted molar refractivity (Wildman–Crippen MR) is 80.3 cm³/mol. The lowest BCUT2D eigenvalue weighted by molar-refractivity contribution is -0.121. The molecule has 106 valence electrons. The summed E-state index contributed by atoms with van der Waals surface area (Å²) in [6.45, 7) is 2.43. The molecule has 0 fully saturated rings. The third-order valence-electron chi connectivity index (χ3n) is 2.68. The summed E-state index contributed by atoms with van der Waals surface area (Å²) < 4.78 is 0. The van der Waals surface area contributed by atoms with Gasteiger partial charge in [-0.1, -0.05) is 18.2 Å². The van der Waals surface area contributed by atoms with Gasteiger partial charge in [-0.05, 0) is 44.1 Å². The van der Waals surface area contributed by atoms with E-state index in [1.165, 1.54) is 4.90 Å². The van der Waals surface area contributed by atoms with Gasteiger partial charge in [0.25, 0.3) is 0 Å². The van der Waals surface area contributed by atoms with Crippen molar-refractivity contribution in [3.63, 3.8) is 0 Å². The van der Waals surface area contributed by atoms with Crippen LogP contribution >= 0.6 is 11.8 Å². The van der Waals surface area contributed by atoms with E-state index in [2.05, 4.69) is 17.4 Å². The lowest BCUT2D eigenvalue weighted by atomic mass is 10.2. The Bertz CT molecular complexity index is 354. The largest absolute Gasteiger partial charge is 0.393 e. The normalized spacial score (nSPS) is 12.1. The van der Waals surface area contributed by atoms with Crippen LogP contribution in [0.1, 0.15) is 32.6 Å². The molecule has 0 aliphatic carbocycles. The first-order valence-electron chi connectivity index (χ1n) is 6.81. The van der Waals surface area contributed by atoms with Gasteiger partial charge in [-0.3, -0.25) is 4.79 Å². The fraction of sp³-hybridized carbons (Fsp3) is 0.533. The van der Waals surface area contributed by atoms with Crippen LogP contribution < -0.4 is 5.32 Å². The van der Waals surface area contributed by atoms with E-state index >= 15 is 0 Å². The molecule has 1 aromatic carbocycles. The highest BCUT2D eigenvalue weighted by Crippen LogP contribution is 2.18. The van der Waals surface area contributed by atoms with E-state index in [0.29, 0.717) is 13.0 Å².